The number of nitrogens with two attached hydrogens (primary N) is 1. The van der Waals surface area contributed by atoms with Crippen molar-refractivity contribution in [1.29, 1.82) is 0 Å². The fourth-order valence-corrected chi connectivity index (χ4v) is 10.9. The molecular formula is C59H75ClN10O17. The van der Waals surface area contributed by atoms with Crippen molar-refractivity contribution in [2.75, 3.05) is 43.3 Å². The molecule has 27 nitrogen and oxygen atoms in total. The topological polar surface area (TPSA) is 367 Å². The summed E-state index contributed by atoms with van der Waals surface area (Å²) < 4.78 is 29.4. The fourth-order valence-electron chi connectivity index (χ4n) is 10.6. The number of aliphatic hydroxyl groups is 1. The number of hydrogen-bond donors (Lipinski definition) is 8. The molecule has 9 N–H and O–H groups in total. The molecule has 3 saturated heterocycles. The van der Waals surface area contributed by atoms with Crippen LogP contribution in [0.2, 0.25) is 5.02 Å². The minimum absolute atomic E-state index is 0.0250. The molecule has 470 valence electrons. The summed E-state index contributed by atoms with van der Waals surface area (Å²) in [5.41, 5.74) is 4.61. The lowest BCUT2D eigenvalue weighted by atomic mass is 9.83. The molecule has 3 aromatic rings. The van der Waals surface area contributed by atoms with Crippen LogP contribution < -0.4 is 47.3 Å². The van der Waals surface area contributed by atoms with Crippen LogP contribution in [0.5, 0.6) is 5.75 Å². The first kappa shape index (κ1) is 66.1. The van der Waals surface area contributed by atoms with Gasteiger partial charge in [-0.3, -0.25) is 39.4 Å². The first-order valence-corrected chi connectivity index (χ1v) is 28.9. The van der Waals surface area contributed by atoms with Crippen molar-refractivity contribution in [2.24, 2.45) is 17.6 Å². The van der Waals surface area contributed by atoms with Gasteiger partial charge in [-0.15, -0.1) is 5.06 Å². The lowest BCUT2D eigenvalue weighted by Gasteiger charge is -2.42. The highest BCUT2D eigenvalue weighted by molar-refractivity contribution is 6.35. The van der Waals surface area contributed by atoms with Crippen molar-refractivity contribution < 1.29 is 81.6 Å². The van der Waals surface area contributed by atoms with Crippen LogP contribution in [0.15, 0.2) is 66.3 Å². The number of fused-ring (bicyclic) bond motifs is 6. The number of hydroxylamine groups is 2. The molecule has 0 spiro atoms. The first-order chi connectivity index (χ1) is 41.2. The number of primary amides is 1. The van der Waals surface area contributed by atoms with Gasteiger partial charge >= 0.3 is 24.2 Å². The van der Waals surface area contributed by atoms with Gasteiger partial charge in [-0.25, -0.2) is 24.2 Å². The number of carbonyl (C=O) groups excluding carboxylic acids is 10. The summed E-state index contributed by atoms with van der Waals surface area (Å²) >= 11 is 6.84. The Morgan fingerprint density at radius 1 is 0.943 bits per heavy atom. The molecule has 4 aliphatic heterocycles. The highest BCUT2D eigenvalue weighted by atomic mass is 35.5. The number of unbranched alkanes of at least 4 members (excludes halogenated alkanes) is 1. The molecule has 7 rings (SSSR count). The number of allylic oxidation sites excluding steroid dienone is 3. The molecule has 28 heteroatoms. The van der Waals surface area contributed by atoms with E-state index in [1.807, 2.05) is 13.0 Å². The molecule has 0 aliphatic carbocycles. The smallest absolute Gasteiger partial charge is 0.412 e. The predicted molar refractivity (Wildman–Crippen MR) is 314 cm³/mol. The Hall–Kier alpha value is -8.40. The Bertz CT molecular complexity index is 3200. The SMILES string of the molecule is COc1cc2cc(c1Cl)N(C)C(=O)C[C@H](OC(=O)Nc1ccc3nc(NC(=O)[C@H](CCCNC(N)=O)NC(=O)[C@@H](NC(=O)CCCCC(=O)ON4C(=O)CCC4=O)C(C)C)ccc3c1)[C@]1(C)O[C@H]1[C@H](C)[C@@H]1C[C@@](O)(NC(=O)O1)[C@H](OC)/C=C/C=C(\C)C2. The van der Waals surface area contributed by atoms with Crippen molar-refractivity contribution >= 4 is 99.3 Å². The number of halogens is 1. The second-order valence-corrected chi connectivity index (χ2v) is 22.8. The van der Waals surface area contributed by atoms with Gasteiger partial charge in [0.15, 0.2) is 5.72 Å². The Balaban J connectivity index is 1.03. The van der Waals surface area contributed by atoms with Crippen molar-refractivity contribution in [3.63, 3.8) is 0 Å². The molecule has 5 heterocycles. The van der Waals surface area contributed by atoms with Crippen LogP contribution in [0, 0.1) is 11.8 Å². The monoisotopic (exact) mass is 1230 g/mol. The average molecular weight is 1230 g/mol. The third-order valence-electron chi connectivity index (χ3n) is 15.5. The molecule has 3 fully saturated rings. The molecule has 4 aliphatic rings. The van der Waals surface area contributed by atoms with Gasteiger partial charge in [-0.05, 0) is 99.9 Å². The van der Waals surface area contributed by atoms with E-state index < -0.39 is 126 Å². The van der Waals surface area contributed by atoms with Gasteiger partial charge < -0.3 is 65.5 Å². The zero-order valence-electron chi connectivity index (χ0n) is 49.7. The van der Waals surface area contributed by atoms with E-state index in [0.717, 1.165) is 11.1 Å². The molecule has 9 atom stereocenters. The summed E-state index contributed by atoms with van der Waals surface area (Å²) in [5.74, 6) is -5.04. The first-order valence-electron chi connectivity index (χ1n) is 28.5. The van der Waals surface area contributed by atoms with E-state index >= 15 is 0 Å². The number of urea groups is 1. The number of imide groups is 1. The molecule has 4 bridgehead atoms. The van der Waals surface area contributed by atoms with Gasteiger partial charge in [0.05, 0.1) is 30.8 Å². The standard InChI is InChI=1S/C59H75ClN10O17/c1-31(2)51(67-45(71)16-9-10-17-49(75)87-70-46(72)22-23-47(70)73)54(77)65-38(14-12-24-62-55(61)78)53(76)66-44-21-18-35-28-36(19-20-37(35)64-44)63-56(79)85-43-29-48(74)69(6)39-26-34(27-40(82-7)50(39)60)25-32(3)13-11-15-42(83-8)59(81)30-41(84-57(80)68-59)33(4)52-58(43,5)86-52/h11,13,15,18-21,26-28,31,33,38,41-43,51-52,81H,9-10,12,14,16-17,22-25,29-30H2,1-8H3,(H,63,79)(H,65,77)(H,67,71)(H,68,80)(H3,61,62,78)(H,64,66,76)/b15-11+,32-13+/t33-,38+,41+,42-,43+,51+,52+,58+,59+/m1/s1. The number of alkyl carbamates (subject to hydrolysis) is 1. The summed E-state index contributed by atoms with van der Waals surface area (Å²) in [4.78, 5) is 140. The van der Waals surface area contributed by atoms with E-state index in [-0.39, 0.29) is 80.9 Å². The third-order valence-corrected chi connectivity index (χ3v) is 15.9. The van der Waals surface area contributed by atoms with Crippen LogP contribution in [0.1, 0.15) is 104 Å². The van der Waals surface area contributed by atoms with Crippen LogP contribution >= 0.6 is 11.6 Å². The number of nitrogens with zero attached hydrogens (tertiary/aromatic N) is 3. The zero-order valence-corrected chi connectivity index (χ0v) is 50.4. The Kier molecular flexibility index (Phi) is 21.9. The van der Waals surface area contributed by atoms with Crippen molar-refractivity contribution in [3.05, 3.63) is 76.9 Å². The van der Waals surface area contributed by atoms with Crippen LogP contribution in [0.4, 0.5) is 31.6 Å². The molecule has 87 heavy (non-hydrogen) atoms. The Morgan fingerprint density at radius 2 is 1.67 bits per heavy atom. The van der Waals surface area contributed by atoms with Gasteiger partial charge in [0, 0.05) is 69.8 Å². The molecule has 0 radical (unpaired) electrons. The van der Waals surface area contributed by atoms with Gasteiger partial charge in [-0.2, -0.15) is 0 Å². The number of nitrogens with one attached hydrogen (secondary N) is 6. The molecular weight excluding hydrogens is 1160 g/mol. The average Bonchev–Trinajstić information content (AvgIpc) is 1.59. The number of benzene rings is 2. The van der Waals surface area contributed by atoms with Crippen LogP contribution in [-0.4, -0.2) is 150 Å². The van der Waals surface area contributed by atoms with Crippen LogP contribution in [0.3, 0.4) is 0 Å². The summed E-state index contributed by atoms with van der Waals surface area (Å²) in [5, 5.41) is 28.8. The number of aromatic nitrogens is 1. The van der Waals surface area contributed by atoms with E-state index in [4.69, 9.17) is 45.9 Å². The van der Waals surface area contributed by atoms with E-state index in [1.165, 1.54) is 38.3 Å². The fraction of sp³-hybridized carbons (Fsp3) is 0.508. The number of rotatable bonds is 20. The van der Waals surface area contributed by atoms with E-state index in [9.17, 15) is 53.1 Å². The molecule has 10 amide bonds. The van der Waals surface area contributed by atoms with Gasteiger partial charge in [0.2, 0.25) is 23.6 Å². The number of anilines is 3. The number of amides is 10. The van der Waals surface area contributed by atoms with Crippen molar-refractivity contribution in [3.8, 4) is 5.75 Å². The van der Waals surface area contributed by atoms with Gasteiger partial charge in [-0.1, -0.05) is 56.2 Å². The molecule has 0 unspecified atom stereocenters. The zero-order chi connectivity index (χ0) is 63.5. The third kappa shape index (κ3) is 17.0. The van der Waals surface area contributed by atoms with Crippen LogP contribution in [-0.2, 0) is 63.8 Å². The second kappa shape index (κ2) is 28.9. The molecule has 2 aromatic carbocycles. The number of methoxy groups -OCH3 is 2. The lowest BCUT2D eigenvalue weighted by Crippen LogP contribution is -2.63. The van der Waals surface area contributed by atoms with Gasteiger partial charge in [0.25, 0.3) is 11.8 Å². The number of epoxide rings is 1. The maximum Gasteiger partial charge on any atom is 0.412 e. The highest BCUT2D eigenvalue weighted by Crippen LogP contribution is 2.49. The lowest BCUT2D eigenvalue weighted by molar-refractivity contribution is -0.197. The maximum atomic E-state index is 14.4. The minimum Gasteiger partial charge on any atom is -0.495 e. The summed E-state index contributed by atoms with van der Waals surface area (Å²) in [6.45, 7) is 8.80. The Labute approximate surface area is 507 Å². The summed E-state index contributed by atoms with van der Waals surface area (Å²) in [7, 11) is 4.40. The second-order valence-electron chi connectivity index (χ2n) is 22.4. The van der Waals surface area contributed by atoms with Crippen molar-refractivity contribution in [1.82, 2.24) is 31.3 Å². The molecule has 0 saturated carbocycles. The highest BCUT2D eigenvalue weighted by Gasteiger charge is 2.64. The Morgan fingerprint density at radius 3 is 2.36 bits per heavy atom. The van der Waals surface area contributed by atoms with Crippen LogP contribution in [0.25, 0.3) is 10.9 Å². The van der Waals surface area contributed by atoms with E-state index in [2.05, 4.69) is 36.9 Å². The largest absolute Gasteiger partial charge is 0.495 e. The van der Waals surface area contributed by atoms with E-state index in [0.29, 0.717) is 33.8 Å². The normalized spacial score (nSPS) is 24.7. The van der Waals surface area contributed by atoms with Crippen molar-refractivity contribution in [2.45, 2.75) is 153 Å². The summed E-state index contributed by atoms with van der Waals surface area (Å²) in [6, 6.07) is 8.28. The number of hydrogen-bond acceptors (Lipinski definition) is 18. The number of pyridine rings is 1. The maximum absolute atomic E-state index is 14.4. The number of carbonyl (C=O) groups is 10. The summed E-state index contributed by atoms with van der Waals surface area (Å²) in [6.07, 6.45) is -0.457. The predicted octanol–water partition coefficient (Wildman–Crippen LogP) is 5.10. The van der Waals surface area contributed by atoms with E-state index in [1.54, 1.807) is 70.2 Å². The quantitative estimate of drug-likeness (QED) is 0.0414. The molecule has 1 aromatic heterocycles. The minimum atomic E-state index is -1.90. The number of ether oxygens (including phenoxy) is 5. The van der Waals surface area contributed by atoms with Gasteiger partial charge in [0.1, 0.15) is 52.6 Å².